The van der Waals surface area contributed by atoms with Crippen molar-refractivity contribution in [3.05, 3.63) is 24.0 Å². The first-order valence-electron chi connectivity index (χ1n) is 7.04. The fourth-order valence-electron chi connectivity index (χ4n) is 3.02. The Hall–Kier alpha value is -2.37. The molecular weight excluding hydrogens is 270 g/mol. The topological polar surface area (TPSA) is 95.1 Å². The Kier molecular flexibility index (Phi) is 3.37. The van der Waals surface area contributed by atoms with E-state index >= 15 is 0 Å². The molecule has 6 heteroatoms. The number of hydrogen-bond acceptors (Lipinski definition) is 3. The number of nitrogens with zero attached hydrogens (tertiary/aromatic N) is 1. The van der Waals surface area contributed by atoms with E-state index in [1.165, 1.54) is 0 Å². The van der Waals surface area contributed by atoms with Gasteiger partial charge in [0.2, 0.25) is 5.91 Å². The molecule has 3 rings (SSSR count). The zero-order chi connectivity index (χ0) is 15.0. The van der Waals surface area contributed by atoms with Crippen molar-refractivity contribution in [2.45, 2.75) is 26.2 Å². The van der Waals surface area contributed by atoms with Crippen LogP contribution in [0.3, 0.4) is 0 Å². The van der Waals surface area contributed by atoms with Gasteiger partial charge in [0, 0.05) is 5.69 Å². The number of carboxylic acid groups (broad SMARTS) is 1. The highest BCUT2D eigenvalue weighted by Gasteiger charge is 2.37. The van der Waals surface area contributed by atoms with Crippen LogP contribution < -0.4 is 5.32 Å². The lowest BCUT2D eigenvalue weighted by Crippen LogP contribution is -2.29. The van der Waals surface area contributed by atoms with Gasteiger partial charge in [-0.3, -0.25) is 9.59 Å². The van der Waals surface area contributed by atoms with Gasteiger partial charge in [-0.2, -0.15) is 0 Å². The van der Waals surface area contributed by atoms with Gasteiger partial charge in [-0.05, 0) is 38.0 Å². The van der Waals surface area contributed by atoms with E-state index < -0.39 is 17.8 Å². The molecule has 21 heavy (non-hydrogen) atoms. The molecule has 0 bridgehead atoms. The van der Waals surface area contributed by atoms with Crippen molar-refractivity contribution in [1.82, 2.24) is 9.97 Å². The zero-order valence-electron chi connectivity index (χ0n) is 11.7. The molecule has 1 fully saturated rings. The predicted molar refractivity (Wildman–Crippen MR) is 77.9 cm³/mol. The standard InChI is InChI=1S/C15H17N3O3/c1-8-16-12-6-5-9(7-13(12)17-8)18-14(19)10-3-2-4-11(10)15(20)21/h5-7,10-11H,2-4H2,1H3,(H,16,17)(H,18,19)(H,20,21). The molecule has 1 aromatic heterocycles. The first-order chi connectivity index (χ1) is 10.0. The summed E-state index contributed by atoms with van der Waals surface area (Å²) in [6, 6.07) is 5.43. The molecule has 2 atom stereocenters. The Balaban J connectivity index is 1.77. The monoisotopic (exact) mass is 287 g/mol. The highest BCUT2D eigenvalue weighted by molar-refractivity contribution is 5.96. The van der Waals surface area contributed by atoms with E-state index in [9.17, 15) is 9.59 Å². The van der Waals surface area contributed by atoms with E-state index in [1.807, 2.05) is 19.1 Å². The van der Waals surface area contributed by atoms with Crippen molar-refractivity contribution in [1.29, 1.82) is 0 Å². The minimum Gasteiger partial charge on any atom is -0.481 e. The van der Waals surface area contributed by atoms with E-state index in [2.05, 4.69) is 15.3 Å². The fourth-order valence-corrected chi connectivity index (χ4v) is 3.02. The fraction of sp³-hybridized carbons (Fsp3) is 0.400. The van der Waals surface area contributed by atoms with Gasteiger partial charge >= 0.3 is 5.97 Å². The van der Waals surface area contributed by atoms with Gasteiger partial charge in [0.05, 0.1) is 22.9 Å². The van der Waals surface area contributed by atoms with Crippen LogP contribution in [0.2, 0.25) is 0 Å². The smallest absolute Gasteiger partial charge is 0.307 e. The average Bonchev–Trinajstić information content (AvgIpc) is 3.03. The molecule has 6 nitrogen and oxygen atoms in total. The van der Waals surface area contributed by atoms with E-state index in [-0.39, 0.29) is 5.91 Å². The number of rotatable bonds is 3. The second-order valence-corrected chi connectivity index (χ2v) is 5.53. The van der Waals surface area contributed by atoms with Crippen LogP contribution in [0.4, 0.5) is 5.69 Å². The number of hydrogen-bond donors (Lipinski definition) is 3. The highest BCUT2D eigenvalue weighted by Crippen LogP contribution is 2.33. The molecule has 0 aliphatic heterocycles. The minimum absolute atomic E-state index is 0.213. The summed E-state index contributed by atoms with van der Waals surface area (Å²) in [5.74, 6) is -1.29. The molecule has 0 spiro atoms. The van der Waals surface area contributed by atoms with Gasteiger partial charge in [-0.25, -0.2) is 4.98 Å². The molecule has 3 N–H and O–H groups in total. The number of carbonyl (C=O) groups excluding carboxylic acids is 1. The number of aryl methyl sites for hydroxylation is 1. The summed E-state index contributed by atoms with van der Waals surface area (Å²) in [7, 11) is 0. The third-order valence-electron chi connectivity index (χ3n) is 4.04. The van der Waals surface area contributed by atoms with Crippen LogP contribution in [0.15, 0.2) is 18.2 Å². The van der Waals surface area contributed by atoms with Crippen molar-refractivity contribution < 1.29 is 14.7 Å². The molecule has 110 valence electrons. The number of aromatic amines is 1. The summed E-state index contributed by atoms with van der Waals surface area (Å²) < 4.78 is 0. The Bertz CT molecular complexity index is 707. The van der Waals surface area contributed by atoms with Crippen LogP contribution >= 0.6 is 0 Å². The van der Waals surface area contributed by atoms with E-state index in [0.717, 1.165) is 23.3 Å². The first-order valence-corrected chi connectivity index (χ1v) is 7.04. The van der Waals surface area contributed by atoms with Crippen LogP contribution in [-0.4, -0.2) is 27.0 Å². The number of aromatic nitrogens is 2. The average molecular weight is 287 g/mol. The van der Waals surface area contributed by atoms with Gasteiger partial charge in [0.15, 0.2) is 0 Å². The van der Waals surface area contributed by atoms with Crippen molar-refractivity contribution in [2.75, 3.05) is 5.32 Å². The Morgan fingerprint density at radius 1 is 1.33 bits per heavy atom. The maximum absolute atomic E-state index is 12.3. The number of carboxylic acids is 1. The van der Waals surface area contributed by atoms with Crippen LogP contribution in [0.25, 0.3) is 11.0 Å². The van der Waals surface area contributed by atoms with Gasteiger partial charge < -0.3 is 15.4 Å². The van der Waals surface area contributed by atoms with Gasteiger partial charge in [-0.1, -0.05) is 6.42 Å². The molecule has 1 saturated carbocycles. The zero-order valence-corrected chi connectivity index (χ0v) is 11.7. The number of carbonyl (C=O) groups is 2. The van der Waals surface area contributed by atoms with Crippen LogP contribution in [-0.2, 0) is 9.59 Å². The molecule has 1 aromatic carbocycles. The van der Waals surface area contributed by atoms with Gasteiger partial charge in [0.25, 0.3) is 0 Å². The number of anilines is 1. The molecule has 1 heterocycles. The summed E-state index contributed by atoms with van der Waals surface area (Å²) >= 11 is 0. The molecule has 1 aliphatic carbocycles. The Morgan fingerprint density at radius 3 is 2.86 bits per heavy atom. The molecule has 2 aromatic rings. The lowest BCUT2D eigenvalue weighted by atomic mass is 9.95. The third-order valence-corrected chi connectivity index (χ3v) is 4.04. The number of aliphatic carboxylic acids is 1. The molecule has 0 saturated heterocycles. The highest BCUT2D eigenvalue weighted by atomic mass is 16.4. The van der Waals surface area contributed by atoms with Crippen molar-refractivity contribution in [3.63, 3.8) is 0 Å². The number of H-pyrrole nitrogens is 1. The quantitative estimate of drug-likeness (QED) is 0.807. The lowest BCUT2D eigenvalue weighted by molar-refractivity contribution is -0.145. The summed E-state index contributed by atoms with van der Waals surface area (Å²) in [5, 5.41) is 12.0. The van der Waals surface area contributed by atoms with Crippen LogP contribution in [0.5, 0.6) is 0 Å². The van der Waals surface area contributed by atoms with Crippen LogP contribution in [0, 0.1) is 18.8 Å². The maximum atomic E-state index is 12.3. The Labute approximate surface area is 121 Å². The van der Waals surface area contributed by atoms with Crippen molar-refractivity contribution >= 4 is 28.6 Å². The SMILES string of the molecule is Cc1nc2ccc(NC(=O)C3CCCC3C(=O)O)cc2[nH]1. The van der Waals surface area contributed by atoms with E-state index in [0.29, 0.717) is 18.5 Å². The number of fused-ring (bicyclic) bond motifs is 1. The number of imidazole rings is 1. The molecule has 2 unspecified atom stereocenters. The van der Waals surface area contributed by atoms with E-state index in [4.69, 9.17) is 5.11 Å². The minimum atomic E-state index is -0.882. The van der Waals surface area contributed by atoms with Gasteiger partial charge in [-0.15, -0.1) is 0 Å². The second kappa shape index (κ2) is 5.20. The van der Waals surface area contributed by atoms with Crippen LogP contribution in [0.1, 0.15) is 25.1 Å². The Morgan fingerprint density at radius 2 is 2.10 bits per heavy atom. The largest absolute Gasteiger partial charge is 0.481 e. The first kappa shape index (κ1) is 13.6. The molecule has 1 aliphatic rings. The van der Waals surface area contributed by atoms with E-state index in [1.54, 1.807) is 6.07 Å². The number of benzene rings is 1. The summed E-state index contributed by atoms with van der Waals surface area (Å²) in [6.45, 7) is 1.87. The predicted octanol–water partition coefficient (Wildman–Crippen LogP) is 2.31. The summed E-state index contributed by atoms with van der Waals surface area (Å²) in [4.78, 5) is 30.8. The second-order valence-electron chi connectivity index (χ2n) is 5.53. The van der Waals surface area contributed by atoms with Crippen molar-refractivity contribution in [3.8, 4) is 0 Å². The normalized spacial score (nSPS) is 21.6. The molecular formula is C15H17N3O3. The van der Waals surface area contributed by atoms with Gasteiger partial charge in [0.1, 0.15) is 5.82 Å². The third kappa shape index (κ3) is 2.61. The summed E-state index contributed by atoms with van der Waals surface area (Å²) in [6.07, 6.45) is 1.99. The molecule has 1 amide bonds. The van der Waals surface area contributed by atoms with Crippen molar-refractivity contribution in [2.24, 2.45) is 11.8 Å². The summed E-state index contributed by atoms with van der Waals surface area (Å²) in [5.41, 5.74) is 2.36. The number of nitrogens with one attached hydrogen (secondary N) is 2. The maximum Gasteiger partial charge on any atom is 0.307 e. The number of amides is 1. The molecule has 0 radical (unpaired) electrons. The lowest BCUT2D eigenvalue weighted by Gasteiger charge is -2.15.